The van der Waals surface area contributed by atoms with Crippen molar-refractivity contribution in [3.63, 3.8) is 0 Å². The standard InChI is InChI=1S/C16H19N3O2S/c20-14(15-5-3-11-22-15)12-18-7-9-19(10-8-18)16(21)13-4-1-2-6-17-13/h1-6,11,14,20H,7-10,12H2/t14-/m0/s1. The lowest BCUT2D eigenvalue weighted by Crippen LogP contribution is -2.49. The molecule has 2 aromatic heterocycles. The van der Waals surface area contributed by atoms with Crippen LogP contribution >= 0.6 is 11.3 Å². The van der Waals surface area contributed by atoms with E-state index in [1.54, 1.807) is 29.7 Å². The number of piperazine rings is 1. The van der Waals surface area contributed by atoms with Gasteiger partial charge in [0, 0.05) is 43.8 Å². The summed E-state index contributed by atoms with van der Waals surface area (Å²) in [5.41, 5.74) is 0.495. The molecule has 2 aromatic rings. The van der Waals surface area contributed by atoms with Crippen molar-refractivity contribution >= 4 is 17.2 Å². The van der Waals surface area contributed by atoms with Gasteiger partial charge in [0.15, 0.2) is 0 Å². The van der Waals surface area contributed by atoms with E-state index in [9.17, 15) is 9.90 Å². The summed E-state index contributed by atoms with van der Waals surface area (Å²) >= 11 is 1.57. The van der Waals surface area contributed by atoms with Crippen LogP contribution in [0.1, 0.15) is 21.5 Å². The van der Waals surface area contributed by atoms with Gasteiger partial charge in [0.1, 0.15) is 11.8 Å². The lowest BCUT2D eigenvalue weighted by Gasteiger charge is -2.35. The van der Waals surface area contributed by atoms with Crippen LogP contribution in [0.15, 0.2) is 41.9 Å². The molecule has 1 fully saturated rings. The third-order valence-corrected chi connectivity index (χ3v) is 4.82. The zero-order valence-electron chi connectivity index (χ0n) is 12.3. The van der Waals surface area contributed by atoms with Crippen molar-refractivity contribution in [3.8, 4) is 0 Å². The molecular weight excluding hydrogens is 298 g/mol. The Balaban J connectivity index is 1.51. The zero-order valence-corrected chi connectivity index (χ0v) is 13.1. The van der Waals surface area contributed by atoms with Gasteiger partial charge in [-0.05, 0) is 23.6 Å². The topological polar surface area (TPSA) is 56.7 Å². The third-order valence-electron chi connectivity index (χ3n) is 3.85. The number of carbonyl (C=O) groups is 1. The van der Waals surface area contributed by atoms with E-state index in [0.717, 1.165) is 18.0 Å². The molecule has 1 aliphatic rings. The number of amides is 1. The molecule has 1 atom stereocenters. The number of aliphatic hydroxyl groups is 1. The molecule has 0 aliphatic carbocycles. The molecule has 0 spiro atoms. The fourth-order valence-electron chi connectivity index (χ4n) is 2.60. The Hall–Kier alpha value is -1.76. The fourth-order valence-corrected chi connectivity index (χ4v) is 3.30. The quantitative estimate of drug-likeness (QED) is 0.931. The van der Waals surface area contributed by atoms with Gasteiger partial charge in [0.2, 0.25) is 0 Å². The summed E-state index contributed by atoms with van der Waals surface area (Å²) in [5.74, 6) is -0.0148. The number of hydrogen-bond acceptors (Lipinski definition) is 5. The van der Waals surface area contributed by atoms with Crippen LogP contribution < -0.4 is 0 Å². The lowest BCUT2D eigenvalue weighted by molar-refractivity contribution is 0.0528. The summed E-state index contributed by atoms with van der Waals surface area (Å²) in [6.45, 7) is 3.52. The molecule has 5 nitrogen and oxygen atoms in total. The summed E-state index contributed by atoms with van der Waals surface area (Å²) < 4.78 is 0. The predicted molar refractivity (Wildman–Crippen MR) is 85.9 cm³/mol. The highest BCUT2D eigenvalue weighted by atomic mass is 32.1. The van der Waals surface area contributed by atoms with Crippen molar-refractivity contribution in [2.45, 2.75) is 6.10 Å². The van der Waals surface area contributed by atoms with Gasteiger partial charge in [-0.1, -0.05) is 12.1 Å². The molecule has 1 N–H and O–H groups in total. The molecule has 3 rings (SSSR count). The highest BCUT2D eigenvalue weighted by Gasteiger charge is 2.24. The number of nitrogens with zero attached hydrogens (tertiary/aromatic N) is 3. The van der Waals surface area contributed by atoms with E-state index in [1.807, 2.05) is 28.5 Å². The monoisotopic (exact) mass is 317 g/mol. The van der Waals surface area contributed by atoms with E-state index >= 15 is 0 Å². The van der Waals surface area contributed by atoms with Crippen molar-refractivity contribution in [3.05, 3.63) is 52.5 Å². The van der Waals surface area contributed by atoms with Crippen molar-refractivity contribution in [1.82, 2.24) is 14.8 Å². The number of β-amino-alcohol motifs (C(OH)–C–C–N with tert-alkyl or cyclic N) is 1. The van der Waals surface area contributed by atoms with Crippen LogP contribution in [0.3, 0.4) is 0 Å². The van der Waals surface area contributed by atoms with Gasteiger partial charge in [0.25, 0.3) is 5.91 Å². The Kier molecular flexibility index (Phi) is 4.82. The van der Waals surface area contributed by atoms with Crippen LogP contribution in [0.2, 0.25) is 0 Å². The molecule has 116 valence electrons. The molecule has 0 radical (unpaired) electrons. The molecule has 1 saturated heterocycles. The summed E-state index contributed by atoms with van der Waals surface area (Å²) in [5, 5.41) is 12.2. The van der Waals surface area contributed by atoms with Crippen molar-refractivity contribution in [2.75, 3.05) is 32.7 Å². The number of aliphatic hydroxyl groups excluding tert-OH is 1. The second kappa shape index (κ2) is 7.00. The lowest BCUT2D eigenvalue weighted by atomic mass is 10.2. The molecule has 3 heterocycles. The van der Waals surface area contributed by atoms with E-state index in [2.05, 4.69) is 9.88 Å². The van der Waals surface area contributed by atoms with Crippen LogP contribution in [0.4, 0.5) is 0 Å². The van der Waals surface area contributed by atoms with Gasteiger partial charge in [-0.2, -0.15) is 0 Å². The second-order valence-corrected chi connectivity index (χ2v) is 6.32. The molecule has 0 bridgehead atoms. The van der Waals surface area contributed by atoms with Crippen LogP contribution in [0.25, 0.3) is 0 Å². The van der Waals surface area contributed by atoms with E-state index in [-0.39, 0.29) is 5.91 Å². The highest BCUT2D eigenvalue weighted by molar-refractivity contribution is 7.10. The summed E-state index contributed by atoms with van der Waals surface area (Å²) in [7, 11) is 0. The minimum Gasteiger partial charge on any atom is -0.386 e. The molecular formula is C16H19N3O2S. The molecule has 6 heteroatoms. The molecule has 0 aromatic carbocycles. The van der Waals surface area contributed by atoms with Crippen molar-refractivity contribution < 1.29 is 9.90 Å². The first-order valence-electron chi connectivity index (χ1n) is 7.38. The minimum absolute atomic E-state index is 0.0148. The van der Waals surface area contributed by atoms with E-state index in [1.165, 1.54) is 0 Å². The molecule has 0 saturated carbocycles. The summed E-state index contributed by atoms with van der Waals surface area (Å²) in [6.07, 6.45) is 1.19. The normalized spacial score (nSPS) is 17.4. The summed E-state index contributed by atoms with van der Waals surface area (Å²) in [6, 6.07) is 9.28. The maximum absolute atomic E-state index is 12.3. The average Bonchev–Trinajstić information content (AvgIpc) is 3.10. The van der Waals surface area contributed by atoms with E-state index in [0.29, 0.717) is 25.3 Å². The second-order valence-electron chi connectivity index (χ2n) is 5.34. The first-order valence-corrected chi connectivity index (χ1v) is 8.26. The Bertz CT molecular complexity index is 595. The highest BCUT2D eigenvalue weighted by Crippen LogP contribution is 2.20. The number of pyridine rings is 1. The Morgan fingerprint density at radius 2 is 2.05 bits per heavy atom. The maximum atomic E-state index is 12.3. The van der Waals surface area contributed by atoms with Crippen LogP contribution in [0.5, 0.6) is 0 Å². The van der Waals surface area contributed by atoms with E-state index in [4.69, 9.17) is 0 Å². The van der Waals surface area contributed by atoms with Crippen LogP contribution in [0, 0.1) is 0 Å². The molecule has 22 heavy (non-hydrogen) atoms. The third kappa shape index (κ3) is 3.52. The Labute approximate surface area is 133 Å². The smallest absolute Gasteiger partial charge is 0.272 e. The van der Waals surface area contributed by atoms with E-state index < -0.39 is 6.10 Å². The van der Waals surface area contributed by atoms with Gasteiger partial charge >= 0.3 is 0 Å². The molecule has 1 amide bonds. The zero-order chi connectivity index (χ0) is 15.4. The van der Waals surface area contributed by atoms with Crippen LogP contribution in [-0.2, 0) is 0 Å². The first-order chi connectivity index (χ1) is 10.7. The number of carbonyl (C=O) groups excluding carboxylic acids is 1. The maximum Gasteiger partial charge on any atom is 0.272 e. The SMILES string of the molecule is O=C(c1ccccn1)N1CCN(C[C@H](O)c2cccs2)CC1. The summed E-state index contributed by atoms with van der Waals surface area (Å²) in [4.78, 5) is 21.4. The van der Waals surface area contributed by atoms with Gasteiger partial charge in [-0.3, -0.25) is 14.7 Å². The Morgan fingerprint density at radius 1 is 1.23 bits per heavy atom. The van der Waals surface area contributed by atoms with Gasteiger partial charge in [-0.15, -0.1) is 11.3 Å². The number of hydrogen-bond donors (Lipinski definition) is 1. The predicted octanol–water partition coefficient (Wildman–Crippen LogP) is 1.63. The number of thiophene rings is 1. The molecule has 0 unspecified atom stereocenters. The average molecular weight is 317 g/mol. The van der Waals surface area contributed by atoms with Gasteiger partial charge in [0.05, 0.1) is 0 Å². The minimum atomic E-state index is -0.446. The number of aromatic nitrogens is 1. The van der Waals surface area contributed by atoms with Crippen molar-refractivity contribution in [2.24, 2.45) is 0 Å². The molecule has 1 aliphatic heterocycles. The van der Waals surface area contributed by atoms with Gasteiger partial charge < -0.3 is 10.0 Å². The largest absolute Gasteiger partial charge is 0.386 e. The van der Waals surface area contributed by atoms with Crippen molar-refractivity contribution in [1.29, 1.82) is 0 Å². The first kappa shape index (κ1) is 15.1. The fraction of sp³-hybridized carbons (Fsp3) is 0.375. The Morgan fingerprint density at radius 3 is 2.68 bits per heavy atom. The van der Waals surface area contributed by atoms with Crippen LogP contribution in [-0.4, -0.2) is 58.5 Å². The number of rotatable bonds is 4. The van der Waals surface area contributed by atoms with Gasteiger partial charge in [-0.25, -0.2) is 0 Å².